The van der Waals surface area contributed by atoms with Crippen molar-refractivity contribution in [1.29, 1.82) is 0 Å². The fraction of sp³-hybridized carbons (Fsp3) is 0.600. The molecule has 0 atom stereocenters. The highest BCUT2D eigenvalue weighted by molar-refractivity contribution is 6.31. The quantitative estimate of drug-likeness (QED) is 0.467. The molecule has 8 heteroatoms. The standard InChI is InChI=1S/C10H15ClN4O3/c1-3-10(16,4-2)5-12-9-7(15(17)18)8(11)13-6-14-9/h6,16H,3-5H2,1-2H3,(H,12,13,14). The van der Waals surface area contributed by atoms with Gasteiger partial charge in [-0.15, -0.1) is 0 Å². The minimum absolute atomic E-state index is 0.0142. The van der Waals surface area contributed by atoms with E-state index in [1.54, 1.807) is 0 Å². The number of anilines is 1. The van der Waals surface area contributed by atoms with Crippen molar-refractivity contribution >= 4 is 23.1 Å². The van der Waals surface area contributed by atoms with Gasteiger partial charge in [0.15, 0.2) is 0 Å². The summed E-state index contributed by atoms with van der Waals surface area (Å²) in [6.45, 7) is 3.84. The molecule has 0 saturated carbocycles. The molecule has 0 bridgehead atoms. The van der Waals surface area contributed by atoms with E-state index in [4.69, 9.17) is 11.6 Å². The molecule has 100 valence electrons. The van der Waals surface area contributed by atoms with Gasteiger partial charge in [0.1, 0.15) is 6.33 Å². The van der Waals surface area contributed by atoms with Gasteiger partial charge in [0.2, 0.25) is 11.0 Å². The fourth-order valence-electron chi connectivity index (χ4n) is 1.40. The Labute approximate surface area is 109 Å². The molecule has 0 unspecified atom stereocenters. The van der Waals surface area contributed by atoms with Crippen molar-refractivity contribution in [2.45, 2.75) is 32.3 Å². The van der Waals surface area contributed by atoms with E-state index in [-0.39, 0.29) is 23.2 Å². The lowest BCUT2D eigenvalue weighted by Crippen LogP contribution is -2.35. The molecule has 0 aromatic carbocycles. The first-order valence-electron chi connectivity index (χ1n) is 5.54. The summed E-state index contributed by atoms with van der Waals surface area (Å²) in [6, 6.07) is 0. The number of halogens is 1. The van der Waals surface area contributed by atoms with Gasteiger partial charge in [-0.05, 0) is 12.8 Å². The molecule has 0 radical (unpaired) electrons. The third-order valence-electron chi connectivity index (χ3n) is 2.86. The Morgan fingerprint density at radius 1 is 1.50 bits per heavy atom. The minimum atomic E-state index is -0.925. The van der Waals surface area contributed by atoms with Crippen LogP contribution in [0.5, 0.6) is 0 Å². The summed E-state index contributed by atoms with van der Waals surface area (Å²) < 4.78 is 0. The number of nitrogens with one attached hydrogen (secondary N) is 1. The van der Waals surface area contributed by atoms with Crippen LogP contribution in [0.1, 0.15) is 26.7 Å². The van der Waals surface area contributed by atoms with E-state index in [0.717, 1.165) is 6.33 Å². The van der Waals surface area contributed by atoms with E-state index in [1.807, 2.05) is 13.8 Å². The van der Waals surface area contributed by atoms with Gasteiger partial charge in [0, 0.05) is 6.54 Å². The lowest BCUT2D eigenvalue weighted by Gasteiger charge is -2.25. The summed E-state index contributed by atoms with van der Waals surface area (Å²) >= 11 is 5.65. The molecule has 7 nitrogen and oxygen atoms in total. The van der Waals surface area contributed by atoms with Crippen molar-refractivity contribution in [2.75, 3.05) is 11.9 Å². The predicted molar refractivity (Wildman–Crippen MR) is 67.7 cm³/mol. The zero-order chi connectivity index (χ0) is 13.8. The molecule has 0 aliphatic carbocycles. The normalized spacial score (nSPS) is 11.3. The number of hydrogen-bond acceptors (Lipinski definition) is 6. The SMILES string of the molecule is CCC(O)(CC)CNc1ncnc(Cl)c1[N+](=O)[O-]. The number of nitrogens with zero attached hydrogens (tertiary/aromatic N) is 3. The van der Waals surface area contributed by atoms with E-state index in [1.165, 1.54) is 0 Å². The monoisotopic (exact) mass is 274 g/mol. The van der Waals surface area contributed by atoms with Gasteiger partial charge in [0.25, 0.3) is 0 Å². The molecular weight excluding hydrogens is 260 g/mol. The van der Waals surface area contributed by atoms with Gasteiger partial charge >= 0.3 is 5.69 Å². The Hall–Kier alpha value is -1.47. The Bertz CT molecular complexity index is 437. The van der Waals surface area contributed by atoms with Crippen molar-refractivity contribution in [1.82, 2.24) is 9.97 Å². The van der Waals surface area contributed by atoms with Crippen LogP contribution in [0.15, 0.2) is 6.33 Å². The summed E-state index contributed by atoms with van der Waals surface area (Å²) in [5, 5.41) is 23.4. The summed E-state index contributed by atoms with van der Waals surface area (Å²) in [5.74, 6) is 0.0142. The Morgan fingerprint density at radius 2 is 2.11 bits per heavy atom. The zero-order valence-corrected chi connectivity index (χ0v) is 10.9. The minimum Gasteiger partial charge on any atom is -0.388 e. The van der Waals surface area contributed by atoms with Crippen molar-refractivity contribution in [3.8, 4) is 0 Å². The summed E-state index contributed by atoms with van der Waals surface area (Å²) in [7, 11) is 0. The maximum atomic E-state index is 10.8. The second-order valence-electron chi connectivity index (χ2n) is 3.90. The molecule has 1 heterocycles. The molecule has 1 aromatic heterocycles. The highest BCUT2D eigenvalue weighted by atomic mass is 35.5. The summed E-state index contributed by atoms with van der Waals surface area (Å²) in [4.78, 5) is 17.5. The van der Waals surface area contributed by atoms with Gasteiger partial charge in [-0.2, -0.15) is 0 Å². The Morgan fingerprint density at radius 3 is 2.61 bits per heavy atom. The van der Waals surface area contributed by atoms with E-state index in [2.05, 4.69) is 15.3 Å². The topological polar surface area (TPSA) is 101 Å². The van der Waals surface area contributed by atoms with E-state index < -0.39 is 10.5 Å². The first-order valence-corrected chi connectivity index (χ1v) is 5.92. The number of nitro groups is 1. The molecule has 0 amide bonds. The molecule has 0 spiro atoms. The molecule has 1 rings (SSSR count). The van der Waals surface area contributed by atoms with Crippen LogP contribution in [-0.4, -0.2) is 32.1 Å². The smallest absolute Gasteiger partial charge is 0.348 e. The number of hydrogen-bond donors (Lipinski definition) is 2. The zero-order valence-electron chi connectivity index (χ0n) is 10.2. The average Bonchev–Trinajstić information content (AvgIpc) is 2.35. The van der Waals surface area contributed by atoms with Crippen molar-refractivity contribution in [3.63, 3.8) is 0 Å². The first-order chi connectivity index (χ1) is 8.43. The molecule has 0 aliphatic heterocycles. The first kappa shape index (κ1) is 14.6. The molecule has 18 heavy (non-hydrogen) atoms. The summed E-state index contributed by atoms with van der Waals surface area (Å²) in [6.07, 6.45) is 2.20. The van der Waals surface area contributed by atoms with Crippen molar-refractivity contribution < 1.29 is 10.0 Å². The highest BCUT2D eigenvalue weighted by Crippen LogP contribution is 2.29. The molecule has 0 fully saturated rings. The molecular formula is C10H15ClN4O3. The van der Waals surface area contributed by atoms with Crippen LogP contribution < -0.4 is 5.32 Å². The molecule has 0 saturated heterocycles. The van der Waals surface area contributed by atoms with E-state index in [9.17, 15) is 15.2 Å². The van der Waals surface area contributed by atoms with Gasteiger partial charge in [-0.25, -0.2) is 9.97 Å². The van der Waals surface area contributed by atoms with Gasteiger partial charge in [0.05, 0.1) is 10.5 Å². The molecule has 0 aliphatic rings. The second-order valence-corrected chi connectivity index (χ2v) is 4.26. The lowest BCUT2D eigenvalue weighted by atomic mass is 9.98. The number of aromatic nitrogens is 2. The third-order valence-corrected chi connectivity index (χ3v) is 3.14. The lowest BCUT2D eigenvalue weighted by molar-refractivity contribution is -0.384. The predicted octanol–water partition coefficient (Wildman–Crippen LogP) is 2.00. The van der Waals surface area contributed by atoms with E-state index >= 15 is 0 Å². The highest BCUT2D eigenvalue weighted by Gasteiger charge is 2.26. The van der Waals surface area contributed by atoms with Crippen LogP contribution in [0.3, 0.4) is 0 Å². The maximum absolute atomic E-state index is 10.8. The largest absolute Gasteiger partial charge is 0.388 e. The maximum Gasteiger partial charge on any atom is 0.348 e. The Kier molecular flexibility index (Phi) is 4.80. The van der Waals surface area contributed by atoms with Crippen molar-refractivity contribution in [3.05, 3.63) is 21.6 Å². The Balaban J connectivity index is 2.92. The van der Waals surface area contributed by atoms with Crippen LogP contribution >= 0.6 is 11.6 Å². The van der Waals surface area contributed by atoms with Crippen LogP contribution in [-0.2, 0) is 0 Å². The van der Waals surface area contributed by atoms with Gasteiger partial charge in [-0.3, -0.25) is 10.1 Å². The van der Waals surface area contributed by atoms with E-state index in [0.29, 0.717) is 12.8 Å². The summed E-state index contributed by atoms with van der Waals surface area (Å²) in [5.41, 5.74) is -1.31. The van der Waals surface area contributed by atoms with Gasteiger partial charge < -0.3 is 10.4 Å². The molecule has 2 N–H and O–H groups in total. The van der Waals surface area contributed by atoms with Crippen LogP contribution in [0.25, 0.3) is 0 Å². The fourth-order valence-corrected chi connectivity index (χ4v) is 1.60. The number of rotatable bonds is 6. The third kappa shape index (κ3) is 3.27. The number of aliphatic hydroxyl groups is 1. The molecule has 1 aromatic rings. The van der Waals surface area contributed by atoms with Crippen LogP contribution in [0.4, 0.5) is 11.5 Å². The second kappa shape index (κ2) is 5.92. The van der Waals surface area contributed by atoms with Crippen LogP contribution in [0.2, 0.25) is 5.15 Å². The average molecular weight is 275 g/mol. The van der Waals surface area contributed by atoms with Crippen LogP contribution in [0, 0.1) is 10.1 Å². The van der Waals surface area contributed by atoms with Crippen molar-refractivity contribution in [2.24, 2.45) is 0 Å². The van der Waals surface area contributed by atoms with Gasteiger partial charge in [-0.1, -0.05) is 25.4 Å².